The summed E-state index contributed by atoms with van der Waals surface area (Å²) in [5.41, 5.74) is 1.74. The highest BCUT2D eigenvalue weighted by atomic mass is 32.1. The van der Waals surface area contributed by atoms with Gasteiger partial charge in [0.1, 0.15) is 5.69 Å². The summed E-state index contributed by atoms with van der Waals surface area (Å²) in [5, 5.41) is 7.70. The Morgan fingerprint density at radius 3 is 2.85 bits per heavy atom. The third kappa shape index (κ3) is 4.16. The maximum atomic E-state index is 12.4. The minimum Gasteiger partial charge on any atom is -0.354 e. The maximum absolute atomic E-state index is 12.4. The molecule has 26 heavy (non-hydrogen) atoms. The van der Waals surface area contributed by atoms with E-state index in [1.807, 2.05) is 41.3 Å². The van der Waals surface area contributed by atoms with E-state index in [0.29, 0.717) is 18.8 Å². The first-order chi connectivity index (χ1) is 12.6. The molecule has 3 rings (SSSR count). The molecule has 0 bridgehead atoms. The Morgan fingerprint density at radius 1 is 1.27 bits per heavy atom. The van der Waals surface area contributed by atoms with E-state index >= 15 is 0 Å². The lowest BCUT2D eigenvalue weighted by molar-refractivity contribution is -0.123. The van der Waals surface area contributed by atoms with Crippen molar-refractivity contribution in [1.29, 1.82) is 0 Å². The second kappa shape index (κ2) is 8.51. The van der Waals surface area contributed by atoms with Gasteiger partial charge in [-0.15, -0.1) is 11.3 Å². The highest BCUT2D eigenvalue weighted by molar-refractivity contribution is 7.09. The molecule has 1 aliphatic heterocycles. The molecule has 0 aromatic carbocycles. The lowest BCUT2D eigenvalue weighted by atomic mass is 9.99. The number of nitrogens with zero attached hydrogens (tertiary/aromatic N) is 2. The Morgan fingerprint density at radius 2 is 2.12 bits per heavy atom. The van der Waals surface area contributed by atoms with Gasteiger partial charge in [0.15, 0.2) is 0 Å². The van der Waals surface area contributed by atoms with Gasteiger partial charge in [0.25, 0.3) is 5.91 Å². The number of carbonyl (C=O) groups is 2. The molecule has 1 fully saturated rings. The number of rotatable bonds is 6. The smallest absolute Gasteiger partial charge is 0.267 e. The number of piperidine rings is 1. The molecule has 0 aliphatic carbocycles. The number of hydrogen-bond acceptors (Lipinski definition) is 4. The fourth-order valence-electron chi connectivity index (χ4n) is 3.57. The molecule has 6 nitrogen and oxygen atoms in total. The van der Waals surface area contributed by atoms with E-state index in [4.69, 9.17) is 0 Å². The number of hydrogen-bond donors (Lipinski definition) is 2. The molecule has 2 aromatic heterocycles. The molecule has 7 heteroatoms. The number of nitrogens with one attached hydrogen (secondary N) is 2. The summed E-state index contributed by atoms with van der Waals surface area (Å²) in [7, 11) is 3.56. The average molecular weight is 375 g/mol. The van der Waals surface area contributed by atoms with Crippen LogP contribution in [0.3, 0.4) is 0 Å². The molecule has 0 unspecified atom stereocenters. The van der Waals surface area contributed by atoms with Crippen molar-refractivity contribution in [2.75, 3.05) is 20.1 Å². The van der Waals surface area contributed by atoms with Gasteiger partial charge < -0.3 is 15.2 Å². The molecule has 1 atom stereocenters. The van der Waals surface area contributed by atoms with Crippen LogP contribution in [0.4, 0.5) is 0 Å². The normalized spacial score (nSPS) is 17.8. The quantitative estimate of drug-likeness (QED) is 0.815. The van der Waals surface area contributed by atoms with Gasteiger partial charge in [-0.05, 0) is 43.0 Å². The fourth-order valence-corrected chi connectivity index (χ4v) is 4.22. The van der Waals surface area contributed by atoms with Crippen molar-refractivity contribution >= 4 is 23.2 Å². The highest BCUT2D eigenvalue weighted by Crippen LogP contribution is 2.31. The van der Waals surface area contributed by atoms with Crippen LogP contribution in [0, 0.1) is 0 Å². The summed E-state index contributed by atoms with van der Waals surface area (Å²) in [6.07, 6.45) is 3.24. The molecule has 1 saturated heterocycles. The second-order valence-corrected chi connectivity index (χ2v) is 7.65. The zero-order chi connectivity index (χ0) is 18.5. The van der Waals surface area contributed by atoms with Crippen LogP contribution >= 0.6 is 11.3 Å². The fraction of sp³-hybridized carbons (Fsp3) is 0.474. The monoisotopic (exact) mass is 374 g/mol. The summed E-state index contributed by atoms with van der Waals surface area (Å²) in [6, 6.07) is 8.06. The maximum Gasteiger partial charge on any atom is 0.267 e. The first-order valence-electron chi connectivity index (χ1n) is 9.01. The first-order valence-corrected chi connectivity index (χ1v) is 9.89. The van der Waals surface area contributed by atoms with Crippen LogP contribution in [0.25, 0.3) is 0 Å². The van der Waals surface area contributed by atoms with Crippen LogP contribution < -0.4 is 10.6 Å². The van der Waals surface area contributed by atoms with Crippen LogP contribution in [-0.4, -0.2) is 41.4 Å². The molecule has 3 heterocycles. The predicted octanol–water partition coefficient (Wildman–Crippen LogP) is 2.29. The van der Waals surface area contributed by atoms with Crippen molar-refractivity contribution in [3.05, 3.63) is 45.9 Å². The summed E-state index contributed by atoms with van der Waals surface area (Å²) in [5.74, 6) is -0.0409. The lowest BCUT2D eigenvalue weighted by Crippen LogP contribution is -2.42. The Balaban J connectivity index is 1.67. The Labute approximate surface area is 158 Å². The number of aromatic nitrogens is 1. The van der Waals surface area contributed by atoms with Crippen LogP contribution in [-0.2, 0) is 18.4 Å². The van der Waals surface area contributed by atoms with Gasteiger partial charge in [-0.1, -0.05) is 12.5 Å². The number of likely N-dealkylation sites (tertiary alicyclic amines) is 1. The average Bonchev–Trinajstić information content (AvgIpc) is 3.29. The predicted molar refractivity (Wildman–Crippen MR) is 103 cm³/mol. The van der Waals surface area contributed by atoms with Gasteiger partial charge in [0, 0.05) is 24.7 Å². The van der Waals surface area contributed by atoms with E-state index < -0.39 is 0 Å². The van der Waals surface area contributed by atoms with Gasteiger partial charge in [0.2, 0.25) is 5.91 Å². The Hall–Kier alpha value is -2.12. The number of thiophene rings is 1. The number of amides is 2. The minimum atomic E-state index is -0.0881. The summed E-state index contributed by atoms with van der Waals surface area (Å²) >= 11 is 1.65. The molecule has 0 saturated carbocycles. The first kappa shape index (κ1) is 18.7. The topological polar surface area (TPSA) is 66.4 Å². The van der Waals surface area contributed by atoms with E-state index in [1.54, 1.807) is 18.4 Å². The van der Waals surface area contributed by atoms with E-state index in [2.05, 4.69) is 15.5 Å². The Bertz CT molecular complexity index is 754. The van der Waals surface area contributed by atoms with Crippen molar-refractivity contribution in [2.24, 2.45) is 7.05 Å². The van der Waals surface area contributed by atoms with E-state index in [0.717, 1.165) is 36.4 Å². The molecule has 2 aromatic rings. The molecule has 1 aliphatic rings. The molecule has 2 N–H and O–H groups in total. The molecule has 2 amide bonds. The van der Waals surface area contributed by atoms with Gasteiger partial charge in [-0.3, -0.25) is 14.5 Å². The molecule has 0 spiro atoms. The summed E-state index contributed by atoms with van der Waals surface area (Å²) in [6.45, 7) is 1.87. The SMILES string of the molecule is CNC(=O)c1ccc([C@H]2CCCCN2CC(=O)NCc2cccs2)n1C. The molecular formula is C19H26N4O2S. The van der Waals surface area contributed by atoms with Gasteiger partial charge in [-0.2, -0.15) is 0 Å². The van der Waals surface area contributed by atoms with Crippen LogP contribution in [0.2, 0.25) is 0 Å². The summed E-state index contributed by atoms with van der Waals surface area (Å²) in [4.78, 5) is 27.8. The molecular weight excluding hydrogens is 348 g/mol. The van der Waals surface area contributed by atoms with Crippen molar-refractivity contribution in [3.63, 3.8) is 0 Å². The third-order valence-corrected chi connectivity index (χ3v) is 5.84. The van der Waals surface area contributed by atoms with Crippen LogP contribution in [0.5, 0.6) is 0 Å². The highest BCUT2D eigenvalue weighted by Gasteiger charge is 2.28. The van der Waals surface area contributed by atoms with Crippen LogP contribution in [0.1, 0.15) is 46.4 Å². The van der Waals surface area contributed by atoms with E-state index in [1.165, 1.54) is 0 Å². The molecule has 140 valence electrons. The zero-order valence-corrected chi connectivity index (χ0v) is 16.1. The van der Waals surface area contributed by atoms with Gasteiger partial charge in [-0.25, -0.2) is 0 Å². The molecule has 0 radical (unpaired) electrons. The van der Waals surface area contributed by atoms with Crippen LogP contribution in [0.15, 0.2) is 29.6 Å². The standard InChI is InChI=1S/C19H26N4O2S/c1-20-19(25)17-9-8-15(22(17)2)16-7-3-4-10-23(16)13-18(24)21-12-14-6-5-11-26-14/h5-6,8-9,11,16H,3-4,7,10,12-13H2,1-2H3,(H,20,25)(H,21,24)/t16-/m1/s1. The summed E-state index contributed by atoms with van der Waals surface area (Å²) < 4.78 is 1.95. The van der Waals surface area contributed by atoms with Gasteiger partial charge >= 0.3 is 0 Å². The largest absolute Gasteiger partial charge is 0.354 e. The number of carbonyl (C=O) groups excluding carboxylic acids is 2. The van der Waals surface area contributed by atoms with Gasteiger partial charge in [0.05, 0.1) is 19.1 Å². The second-order valence-electron chi connectivity index (χ2n) is 6.62. The van der Waals surface area contributed by atoms with E-state index in [-0.39, 0.29) is 17.9 Å². The van der Waals surface area contributed by atoms with Crippen molar-refractivity contribution in [1.82, 2.24) is 20.1 Å². The minimum absolute atomic E-state index is 0.0473. The third-order valence-electron chi connectivity index (χ3n) is 4.96. The van der Waals surface area contributed by atoms with Crippen molar-refractivity contribution < 1.29 is 9.59 Å². The van der Waals surface area contributed by atoms with E-state index in [9.17, 15) is 9.59 Å². The lowest BCUT2D eigenvalue weighted by Gasteiger charge is -2.35. The zero-order valence-electron chi connectivity index (χ0n) is 15.3. The van der Waals surface area contributed by atoms with Crippen molar-refractivity contribution in [2.45, 2.75) is 31.8 Å². The van der Waals surface area contributed by atoms with Crippen molar-refractivity contribution in [3.8, 4) is 0 Å². The Kier molecular flexibility index (Phi) is 6.11.